The third-order valence-corrected chi connectivity index (χ3v) is 2.17. The van der Waals surface area contributed by atoms with Gasteiger partial charge in [0.25, 0.3) is 0 Å². The monoisotopic (exact) mass is 233 g/mol. The Morgan fingerprint density at radius 1 is 1.25 bits per heavy atom. The summed E-state index contributed by atoms with van der Waals surface area (Å²) in [7, 11) is 0. The second-order valence-electron chi connectivity index (χ2n) is 3.46. The minimum Gasteiger partial charge on any atom is -0.481 e. The number of hydrogen-bond acceptors (Lipinski definition) is 2. The van der Waals surface area contributed by atoms with Crippen molar-refractivity contribution >= 4 is 5.97 Å². The third-order valence-electron chi connectivity index (χ3n) is 2.17. The molecule has 0 spiro atoms. The van der Waals surface area contributed by atoms with Gasteiger partial charge >= 0.3 is 5.97 Å². The second-order valence-corrected chi connectivity index (χ2v) is 3.46. The van der Waals surface area contributed by atoms with Crippen LogP contribution in [-0.4, -0.2) is 17.1 Å². The second kappa shape index (κ2) is 4.52. The Bertz CT molecular complexity index is 421. The molecule has 0 aliphatic heterocycles. The van der Waals surface area contributed by atoms with Crippen molar-refractivity contribution in [1.82, 2.24) is 0 Å². The van der Waals surface area contributed by atoms with Gasteiger partial charge in [0.05, 0.1) is 5.92 Å². The molecule has 2 atom stereocenters. The maximum absolute atomic E-state index is 13.3. The molecule has 0 saturated carbocycles. The number of carboxylic acid groups (broad SMARTS) is 1. The van der Waals surface area contributed by atoms with Crippen molar-refractivity contribution in [3.05, 3.63) is 35.1 Å². The molecule has 3 nitrogen and oxygen atoms in total. The number of carbonyl (C=O) groups is 1. The van der Waals surface area contributed by atoms with Crippen LogP contribution in [0, 0.1) is 17.5 Å². The van der Waals surface area contributed by atoms with Gasteiger partial charge in [-0.25, -0.2) is 13.2 Å². The minimum atomic E-state index is -1.41. The fraction of sp³-hybridized carbons (Fsp3) is 0.300. The summed E-state index contributed by atoms with van der Waals surface area (Å²) in [6, 6.07) is -0.0904. The van der Waals surface area contributed by atoms with Gasteiger partial charge in [0.1, 0.15) is 5.82 Å². The lowest BCUT2D eigenvalue weighted by Gasteiger charge is -2.17. The van der Waals surface area contributed by atoms with E-state index in [9.17, 15) is 18.0 Å². The Morgan fingerprint density at radius 2 is 1.75 bits per heavy atom. The fourth-order valence-electron chi connectivity index (χ4n) is 1.42. The molecule has 0 fully saturated rings. The molecule has 1 unspecified atom stereocenters. The SMILES string of the molecule is CC(N)[C@@H](C(=O)O)c1cc(F)c(F)cc1F. The van der Waals surface area contributed by atoms with E-state index in [4.69, 9.17) is 10.8 Å². The van der Waals surface area contributed by atoms with Crippen LogP contribution in [-0.2, 0) is 4.79 Å². The lowest BCUT2D eigenvalue weighted by Crippen LogP contribution is -2.31. The fourth-order valence-corrected chi connectivity index (χ4v) is 1.42. The minimum absolute atomic E-state index is 0.309. The first kappa shape index (κ1) is 12.5. The molecule has 88 valence electrons. The zero-order valence-corrected chi connectivity index (χ0v) is 8.38. The summed E-state index contributed by atoms with van der Waals surface area (Å²) in [6.07, 6.45) is 0. The van der Waals surface area contributed by atoms with E-state index in [1.165, 1.54) is 6.92 Å². The molecule has 1 rings (SSSR count). The van der Waals surface area contributed by atoms with Crippen molar-refractivity contribution in [2.45, 2.75) is 18.9 Å². The largest absolute Gasteiger partial charge is 0.481 e. The summed E-state index contributed by atoms with van der Waals surface area (Å²) < 4.78 is 38.8. The smallest absolute Gasteiger partial charge is 0.312 e. The van der Waals surface area contributed by atoms with Gasteiger partial charge in [-0.15, -0.1) is 0 Å². The molecular formula is C10H10F3NO2. The maximum Gasteiger partial charge on any atom is 0.312 e. The molecular weight excluding hydrogens is 223 g/mol. The van der Waals surface area contributed by atoms with Crippen molar-refractivity contribution in [2.75, 3.05) is 0 Å². The number of halogens is 3. The van der Waals surface area contributed by atoms with Gasteiger partial charge in [-0.1, -0.05) is 0 Å². The summed E-state index contributed by atoms with van der Waals surface area (Å²) in [4.78, 5) is 10.8. The summed E-state index contributed by atoms with van der Waals surface area (Å²) >= 11 is 0. The first-order valence-corrected chi connectivity index (χ1v) is 4.47. The molecule has 0 aromatic heterocycles. The summed E-state index contributed by atoms with van der Waals surface area (Å²) in [5.74, 6) is -6.59. The van der Waals surface area contributed by atoms with Gasteiger partial charge in [0.15, 0.2) is 11.6 Å². The average Bonchev–Trinajstić information content (AvgIpc) is 2.12. The molecule has 6 heteroatoms. The quantitative estimate of drug-likeness (QED) is 0.780. The van der Waals surface area contributed by atoms with Gasteiger partial charge in [0.2, 0.25) is 0 Å². The Morgan fingerprint density at radius 3 is 2.19 bits per heavy atom. The van der Waals surface area contributed by atoms with Crippen molar-refractivity contribution < 1.29 is 23.1 Å². The predicted molar refractivity (Wildman–Crippen MR) is 50.3 cm³/mol. The third kappa shape index (κ3) is 2.33. The lowest BCUT2D eigenvalue weighted by molar-refractivity contribution is -0.139. The van der Waals surface area contributed by atoms with Crippen LogP contribution in [0.4, 0.5) is 13.2 Å². The molecule has 0 bridgehead atoms. The standard InChI is InChI=1S/C10H10F3NO2/c1-4(14)9(10(15)16)5-2-7(12)8(13)3-6(5)11/h2-4,9H,14H2,1H3,(H,15,16)/t4?,9-/m1/s1. The zero-order chi connectivity index (χ0) is 12.5. The molecule has 3 N–H and O–H groups in total. The summed E-state index contributed by atoms with van der Waals surface area (Å²) in [6.45, 7) is 1.35. The van der Waals surface area contributed by atoms with E-state index >= 15 is 0 Å². The van der Waals surface area contributed by atoms with E-state index in [2.05, 4.69) is 0 Å². The number of hydrogen-bond donors (Lipinski definition) is 2. The molecule has 1 aromatic carbocycles. The van der Waals surface area contributed by atoms with Crippen LogP contribution < -0.4 is 5.73 Å². The van der Waals surface area contributed by atoms with Crippen LogP contribution in [0.2, 0.25) is 0 Å². The van der Waals surface area contributed by atoms with Gasteiger partial charge in [-0.05, 0) is 13.0 Å². The number of carboxylic acids is 1. The Kier molecular flexibility index (Phi) is 3.54. The maximum atomic E-state index is 13.3. The summed E-state index contributed by atoms with van der Waals surface area (Å²) in [5.41, 5.74) is 4.91. The molecule has 0 heterocycles. The highest BCUT2D eigenvalue weighted by Gasteiger charge is 2.28. The van der Waals surface area contributed by atoms with Crippen molar-refractivity contribution in [3.63, 3.8) is 0 Å². The van der Waals surface area contributed by atoms with Crippen LogP contribution in [0.15, 0.2) is 12.1 Å². The highest BCUT2D eigenvalue weighted by molar-refractivity contribution is 5.77. The van der Waals surface area contributed by atoms with E-state index in [1.54, 1.807) is 0 Å². The first-order chi connectivity index (χ1) is 7.34. The zero-order valence-electron chi connectivity index (χ0n) is 8.38. The summed E-state index contributed by atoms with van der Waals surface area (Å²) in [5, 5.41) is 8.82. The van der Waals surface area contributed by atoms with Gasteiger partial charge in [-0.3, -0.25) is 4.79 Å². The number of aliphatic carboxylic acids is 1. The highest BCUT2D eigenvalue weighted by atomic mass is 19.2. The van der Waals surface area contributed by atoms with Crippen LogP contribution in [0.1, 0.15) is 18.4 Å². The Hall–Kier alpha value is -1.56. The van der Waals surface area contributed by atoms with Crippen LogP contribution in [0.5, 0.6) is 0 Å². The van der Waals surface area contributed by atoms with E-state index < -0.39 is 40.9 Å². The van der Waals surface area contributed by atoms with Gasteiger partial charge in [-0.2, -0.15) is 0 Å². The molecule has 0 aliphatic rings. The number of rotatable bonds is 3. The van der Waals surface area contributed by atoms with Gasteiger partial charge in [0, 0.05) is 17.7 Å². The number of nitrogens with two attached hydrogens (primary N) is 1. The molecule has 1 aromatic rings. The van der Waals surface area contributed by atoms with Crippen LogP contribution in [0.25, 0.3) is 0 Å². The van der Waals surface area contributed by atoms with E-state index in [0.29, 0.717) is 12.1 Å². The highest BCUT2D eigenvalue weighted by Crippen LogP contribution is 2.24. The predicted octanol–water partition coefficient (Wildman–Crippen LogP) is 1.62. The molecule has 0 saturated heterocycles. The van der Waals surface area contributed by atoms with Crippen LogP contribution in [0.3, 0.4) is 0 Å². The van der Waals surface area contributed by atoms with E-state index in [1.807, 2.05) is 0 Å². The van der Waals surface area contributed by atoms with Gasteiger partial charge < -0.3 is 10.8 Å². The van der Waals surface area contributed by atoms with Crippen molar-refractivity contribution in [3.8, 4) is 0 Å². The van der Waals surface area contributed by atoms with Crippen molar-refractivity contribution in [1.29, 1.82) is 0 Å². The topological polar surface area (TPSA) is 63.3 Å². The van der Waals surface area contributed by atoms with Crippen molar-refractivity contribution in [2.24, 2.45) is 5.73 Å². The van der Waals surface area contributed by atoms with E-state index in [-0.39, 0.29) is 0 Å². The number of benzene rings is 1. The van der Waals surface area contributed by atoms with Crippen LogP contribution >= 0.6 is 0 Å². The molecule has 0 radical (unpaired) electrons. The Labute approximate surface area is 89.7 Å². The molecule has 16 heavy (non-hydrogen) atoms. The lowest BCUT2D eigenvalue weighted by atomic mass is 9.92. The molecule has 0 amide bonds. The first-order valence-electron chi connectivity index (χ1n) is 4.47. The Balaban J connectivity index is 3.30. The average molecular weight is 233 g/mol. The normalized spacial score (nSPS) is 14.6. The van der Waals surface area contributed by atoms with E-state index in [0.717, 1.165) is 0 Å². The molecule has 0 aliphatic carbocycles.